The third-order valence-electron chi connectivity index (χ3n) is 4.69. The van der Waals surface area contributed by atoms with E-state index in [9.17, 15) is 0 Å². The van der Waals surface area contributed by atoms with Gasteiger partial charge in [-0.25, -0.2) is 0 Å². The van der Waals surface area contributed by atoms with Crippen LogP contribution in [-0.4, -0.2) is 20.3 Å². The smallest absolute Gasteiger partial charge is 0.122 e. The molecule has 0 N–H and O–H groups in total. The lowest BCUT2D eigenvalue weighted by molar-refractivity contribution is 0.145. The average Bonchev–Trinajstić information content (AvgIpc) is 2.37. The van der Waals surface area contributed by atoms with Crippen LogP contribution in [0.3, 0.4) is 0 Å². The molecular formula is C18H28O2. The summed E-state index contributed by atoms with van der Waals surface area (Å²) in [7, 11) is 1.70. The number of benzene rings is 1. The topological polar surface area (TPSA) is 18.5 Å². The standard InChI is InChI=1S/C18H28O2/c1-13-11-14-15(12-16(13)20-10-9-19-6)18(4,5)8-7-17(14,2)3/h11-12H,7-10H2,1-6H3. The molecule has 1 aromatic rings. The molecule has 0 saturated heterocycles. The van der Waals surface area contributed by atoms with Gasteiger partial charge in [0, 0.05) is 7.11 Å². The second-order valence-corrected chi connectivity index (χ2v) is 7.27. The van der Waals surface area contributed by atoms with Crippen LogP contribution >= 0.6 is 0 Å². The number of hydrogen-bond donors (Lipinski definition) is 0. The Morgan fingerprint density at radius 1 is 0.950 bits per heavy atom. The fourth-order valence-electron chi connectivity index (χ4n) is 3.09. The summed E-state index contributed by atoms with van der Waals surface area (Å²) in [5.41, 5.74) is 4.67. The highest BCUT2D eigenvalue weighted by molar-refractivity contribution is 5.49. The maximum atomic E-state index is 5.88. The van der Waals surface area contributed by atoms with E-state index in [2.05, 4.69) is 46.8 Å². The summed E-state index contributed by atoms with van der Waals surface area (Å²) in [6.07, 6.45) is 2.48. The predicted molar refractivity (Wildman–Crippen MR) is 83.8 cm³/mol. The molecule has 0 radical (unpaired) electrons. The summed E-state index contributed by atoms with van der Waals surface area (Å²) >= 11 is 0. The number of rotatable bonds is 4. The number of ether oxygens (including phenoxy) is 2. The molecule has 0 amide bonds. The molecule has 1 aromatic carbocycles. The first kappa shape index (κ1) is 15.4. The molecule has 0 unspecified atom stereocenters. The molecule has 0 saturated carbocycles. The number of fused-ring (bicyclic) bond motifs is 1. The monoisotopic (exact) mass is 276 g/mol. The lowest BCUT2D eigenvalue weighted by Crippen LogP contribution is -2.34. The zero-order chi connectivity index (χ0) is 15.0. The average molecular weight is 276 g/mol. The SMILES string of the molecule is COCCOc1cc2c(cc1C)C(C)(C)CCC2(C)C. The van der Waals surface area contributed by atoms with Gasteiger partial charge in [-0.15, -0.1) is 0 Å². The molecule has 0 bridgehead atoms. The lowest BCUT2D eigenvalue weighted by Gasteiger charge is -2.42. The van der Waals surface area contributed by atoms with E-state index in [4.69, 9.17) is 9.47 Å². The normalized spacial score (nSPS) is 19.5. The van der Waals surface area contributed by atoms with Crippen LogP contribution in [0.25, 0.3) is 0 Å². The zero-order valence-electron chi connectivity index (χ0n) is 13.8. The third-order valence-corrected chi connectivity index (χ3v) is 4.69. The van der Waals surface area contributed by atoms with Crippen molar-refractivity contribution >= 4 is 0 Å². The van der Waals surface area contributed by atoms with E-state index in [1.807, 2.05) is 0 Å². The van der Waals surface area contributed by atoms with Crippen molar-refractivity contribution < 1.29 is 9.47 Å². The summed E-state index contributed by atoms with van der Waals surface area (Å²) in [6, 6.07) is 4.60. The van der Waals surface area contributed by atoms with E-state index in [0.717, 1.165) is 5.75 Å². The quantitative estimate of drug-likeness (QED) is 0.760. The molecule has 0 heterocycles. The summed E-state index contributed by atoms with van der Waals surface area (Å²) in [5.74, 6) is 1.01. The molecule has 1 aliphatic rings. The Labute approximate surface area is 123 Å². The van der Waals surface area contributed by atoms with E-state index >= 15 is 0 Å². The van der Waals surface area contributed by atoms with Gasteiger partial charge < -0.3 is 9.47 Å². The minimum absolute atomic E-state index is 0.234. The Morgan fingerprint density at radius 2 is 1.50 bits per heavy atom. The fraction of sp³-hybridized carbons (Fsp3) is 0.667. The van der Waals surface area contributed by atoms with Crippen LogP contribution in [0.2, 0.25) is 0 Å². The van der Waals surface area contributed by atoms with Crippen molar-refractivity contribution in [1.29, 1.82) is 0 Å². The summed E-state index contributed by atoms with van der Waals surface area (Å²) in [6.45, 7) is 12.8. The Bertz CT molecular complexity index is 486. The third kappa shape index (κ3) is 2.85. The highest BCUT2D eigenvalue weighted by Gasteiger charge is 2.37. The van der Waals surface area contributed by atoms with E-state index < -0.39 is 0 Å². The zero-order valence-corrected chi connectivity index (χ0v) is 13.8. The lowest BCUT2D eigenvalue weighted by atomic mass is 9.63. The molecule has 2 rings (SSSR count). The molecule has 2 heteroatoms. The molecule has 1 aliphatic carbocycles. The molecule has 0 atom stereocenters. The van der Waals surface area contributed by atoms with Gasteiger partial charge in [0.05, 0.1) is 6.61 Å². The largest absolute Gasteiger partial charge is 0.491 e. The van der Waals surface area contributed by atoms with Gasteiger partial charge in [-0.05, 0) is 53.4 Å². The van der Waals surface area contributed by atoms with Crippen molar-refractivity contribution in [1.82, 2.24) is 0 Å². The van der Waals surface area contributed by atoms with Crippen LogP contribution < -0.4 is 4.74 Å². The van der Waals surface area contributed by atoms with Gasteiger partial charge in [-0.3, -0.25) is 0 Å². The first-order valence-corrected chi connectivity index (χ1v) is 7.55. The number of hydrogen-bond acceptors (Lipinski definition) is 2. The van der Waals surface area contributed by atoms with Gasteiger partial charge in [0.1, 0.15) is 12.4 Å². The summed E-state index contributed by atoms with van der Waals surface area (Å²) in [5, 5.41) is 0. The maximum absolute atomic E-state index is 5.88. The maximum Gasteiger partial charge on any atom is 0.122 e. The fourth-order valence-corrected chi connectivity index (χ4v) is 3.09. The highest BCUT2D eigenvalue weighted by Crippen LogP contribution is 2.47. The van der Waals surface area contributed by atoms with E-state index in [-0.39, 0.29) is 10.8 Å². The Hall–Kier alpha value is -1.02. The molecular weight excluding hydrogens is 248 g/mol. The Kier molecular flexibility index (Phi) is 4.15. The molecule has 0 spiro atoms. The molecule has 2 nitrogen and oxygen atoms in total. The van der Waals surface area contributed by atoms with Crippen LogP contribution in [0.4, 0.5) is 0 Å². The number of methoxy groups -OCH3 is 1. The van der Waals surface area contributed by atoms with Gasteiger partial charge in [0.15, 0.2) is 0 Å². The Morgan fingerprint density at radius 3 is 2.05 bits per heavy atom. The van der Waals surface area contributed by atoms with E-state index in [1.165, 1.54) is 29.5 Å². The van der Waals surface area contributed by atoms with Crippen molar-refractivity contribution in [3.8, 4) is 5.75 Å². The second kappa shape index (κ2) is 5.40. The summed E-state index contributed by atoms with van der Waals surface area (Å²) < 4.78 is 10.9. The van der Waals surface area contributed by atoms with Crippen molar-refractivity contribution in [2.75, 3.05) is 20.3 Å². The molecule has 20 heavy (non-hydrogen) atoms. The number of aryl methyl sites for hydroxylation is 1. The highest BCUT2D eigenvalue weighted by atomic mass is 16.5. The second-order valence-electron chi connectivity index (χ2n) is 7.27. The van der Waals surface area contributed by atoms with Gasteiger partial charge in [0.25, 0.3) is 0 Å². The first-order chi connectivity index (χ1) is 9.28. The summed E-state index contributed by atoms with van der Waals surface area (Å²) in [4.78, 5) is 0. The van der Waals surface area contributed by atoms with Crippen LogP contribution in [-0.2, 0) is 15.6 Å². The van der Waals surface area contributed by atoms with Gasteiger partial charge >= 0.3 is 0 Å². The minimum atomic E-state index is 0.234. The Balaban J connectivity index is 2.41. The van der Waals surface area contributed by atoms with Crippen molar-refractivity contribution in [2.24, 2.45) is 0 Å². The van der Waals surface area contributed by atoms with Crippen molar-refractivity contribution in [2.45, 2.75) is 58.3 Å². The van der Waals surface area contributed by atoms with Crippen LogP contribution in [0, 0.1) is 6.92 Å². The first-order valence-electron chi connectivity index (χ1n) is 7.55. The van der Waals surface area contributed by atoms with E-state index in [0.29, 0.717) is 13.2 Å². The molecule has 0 fully saturated rings. The van der Waals surface area contributed by atoms with Crippen molar-refractivity contribution in [3.63, 3.8) is 0 Å². The molecule has 0 aliphatic heterocycles. The van der Waals surface area contributed by atoms with E-state index in [1.54, 1.807) is 7.11 Å². The van der Waals surface area contributed by atoms with Crippen molar-refractivity contribution in [3.05, 3.63) is 28.8 Å². The van der Waals surface area contributed by atoms with Gasteiger partial charge in [-0.1, -0.05) is 33.8 Å². The van der Waals surface area contributed by atoms with Crippen LogP contribution in [0.1, 0.15) is 57.2 Å². The minimum Gasteiger partial charge on any atom is -0.491 e. The predicted octanol–water partition coefficient (Wildman–Crippen LogP) is 4.37. The van der Waals surface area contributed by atoms with Gasteiger partial charge in [0.2, 0.25) is 0 Å². The van der Waals surface area contributed by atoms with Crippen LogP contribution in [0.5, 0.6) is 5.75 Å². The molecule has 0 aromatic heterocycles. The molecule has 112 valence electrons. The van der Waals surface area contributed by atoms with Gasteiger partial charge in [-0.2, -0.15) is 0 Å². The van der Waals surface area contributed by atoms with Crippen LogP contribution in [0.15, 0.2) is 12.1 Å².